The molecule has 0 N–H and O–H groups in total. The van der Waals surface area contributed by atoms with Crippen LogP contribution in [0.15, 0.2) is 36.4 Å². The van der Waals surface area contributed by atoms with Gasteiger partial charge < -0.3 is 0 Å². The number of benzene rings is 2. The van der Waals surface area contributed by atoms with Crippen molar-refractivity contribution < 1.29 is 0 Å². The van der Waals surface area contributed by atoms with E-state index < -0.39 is 0 Å². The number of rotatable bonds is 3. The van der Waals surface area contributed by atoms with Gasteiger partial charge in [-0.05, 0) is 44.9 Å². The molecule has 0 amide bonds. The Balaban J connectivity index is 1.89. The molecule has 2 heterocycles. The molecule has 6 heteroatoms. The van der Waals surface area contributed by atoms with E-state index >= 15 is 0 Å². The summed E-state index contributed by atoms with van der Waals surface area (Å²) in [6.07, 6.45) is 0. The van der Waals surface area contributed by atoms with Crippen LogP contribution in [0.5, 0.6) is 0 Å². The van der Waals surface area contributed by atoms with E-state index in [1.807, 2.05) is 19.1 Å². The van der Waals surface area contributed by atoms with Crippen molar-refractivity contribution >= 4 is 0 Å². The Hall–Kier alpha value is -3.41. The maximum Gasteiger partial charge on any atom is 0.168 e. The third-order valence-electron chi connectivity index (χ3n) is 6.04. The average Bonchev–Trinajstić information content (AvgIpc) is 3.13. The molecule has 2 aromatic heterocycles. The van der Waals surface area contributed by atoms with Crippen LogP contribution in [0.2, 0.25) is 0 Å². The molecule has 4 rings (SSSR count). The van der Waals surface area contributed by atoms with E-state index in [9.17, 15) is 0 Å². The van der Waals surface area contributed by atoms with E-state index in [4.69, 9.17) is 15.0 Å². The molecule has 6 nitrogen and oxygen atoms in total. The molecule has 0 atom stereocenters. The van der Waals surface area contributed by atoms with Crippen molar-refractivity contribution in [3.63, 3.8) is 0 Å². The van der Waals surface area contributed by atoms with E-state index in [1.54, 1.807) is 0 Å². The average molecular weight is 469 g/mol. The number of aryl methyl sites for hydroxylation is 4. The lowest BCUT2D eigenvalue weighted by atomic mass is 9.93. The lowest BCUT2D eigenvalue weighted by molar-refractivity contribution is 0.497. The molecule has 0 bridgehead atoms. The van der Waals surface area contributed by atoms with Crippen molar-refractivity contribution in [1.82, 2.24) is 29.7 Å². The van der Waals surface area contributed by atoms with Gasteiger partial charge in [-0.1, -0.05) is 77.4 Å². The zero-order valence-electron chi connectivity index (χ0n) is 22.6. The first-order valence-corrected chi connectivity index (χ1v) is 12.1. The highest BCUT2D eigenvalue weighted by molar-refractivity contribution is 5.68. The Morgan fingerprint density at radius 2 is 1.20 bits per heavy atom. The summed E-state index contributed by atoms with van der Waals surface area (Å²) in [5.41, 5.74) is 6.30. The minimum absolute atomic E-state index is 0.187. The van der Waals surface area contributed by atoms with Gasteiger partial charge in [-0.2, -0.15) is 0 Å². The second-order valence-corrected chi connectivity index (χ2v) is 11.5. The molecule has 0 aliphatic heterocycles. The second-order valence-electron chi connectivity index (χ2n) is 11.5. The fourth-order valence-electron chi connectivity index (χ4n) is 4.32. The van der Waals surface area contributed by atoms with Crippen LogP contribution in [-0.2, 0) is 10.8 Å². The molecule has 35 heavy (non-hydrogen) atoms. The van der Waals surface area contributed by atoms with Gasteiger partial charge in [0.05, 0.1) is 5.69 Å². The Bertz CT molecular complexity index is 1340. The van der Waals surface area contributed by atoms with E-state index in [1.165, 1.54) is 16.7 Å². The SMILES string of the molecule is Cc1cc(C)c(-n2c(C)nnc2-c2cccc(-c3nc(C(C)(C)C)nc(C(C)(C)C)n3)c2)c(C)c1. The number of nitrogens with zero attached hydrogens (tertiary/aromatic N) is 6. The quantitative estimate of drug-likeness (QED) is 0.338. The standard InChI is InChI=1S/C29H36N6/c1-17-14-18(2)23(19(3)15-17)35-20(4)33-34-25(35)22-13-11-12-21(16-22)24-30-26(28(5,6)7)32-27(31-24)29(8,9)10/h11-16H,1-10H3. The monoisotopic (exact) mass is 468 g/mol. The molecule has 0 saturated heterocycles. The van der Waals surface area contributed by atoms with E-state index in [0.29, 0.717) is 5.82 Å². The maximum atomic E-state index is 4.88. The lowest BCUT2D eigenvalue weighted by Crippen LogP contribution is -2.24. The molecule has 0 spiro atoms. The lowest BCUT2D eigenvalue weighted by Gasteiger charge is -2.22. The molecule has 0 aliphatic carbocycles. The van der Waals surface area contributed by atoms with Crippen molar-refractivity contribution in [2.24, 2.45) is 0 Å². The van der Waals surface area contributed by atoms with Crippen molar-refractivity contribution in [1.29, 1.82) is 0 Å². The van der Waals surface area contributed by atoms with Gasteiger partial charge in [0.2, 0.25) is 0 Å². The van der Waals surface area contributed by atoms with Crippen LogP contribution in [0.4, 0.5) is 0 Å². The van der Waals surface area contributed by atoms with Crippen molar-refractivity contribution in [2.45, 2.75) is 80.1 Å². The molecule has 0 fully saturated rings. The van der Waals surface area contributed by atoms with Crippen LogP contribution in [0.25, 0.3) is 28.5 Å². The van der Waals surface area contributed by atoms with Crippen molar-refractivity contribution in [2.75, 3.05) is 0 Å². The molecular weight excluding hydrogens is 432 g/mol. The first-order chi connectivity index (χ1) is 16.3. The van der Waals surface area contributed by atoms with Crippen molar-refractivity contribution in [3.05, 3.63) is 70.6 Å². The molecule has 182 valence electrons. The van der Waals surface area contributed by atoms with E-state index in [2.05, 4.69) is 101 Å². The Kier molecular flexibility index (Phi) is 6.12. The van der Waals surface area contributed by atoms with Crippen LogP contribution >= 0.6 is 0 Å². The highest BCUT2D eigenvalue weighted by Crippen LogP contribution is 2.31. The Morgan fingerprint density at radius 1 is 0.657 bits per heavy atom. The zero-order valence-corrected chi connectivity index (χ0v) is 22.6. The number of aromatic nitrogens is 6. The fourth-order valence-corrected chi connectivity index (χ4v) is 4.32. The van der Waals surface area contributed by atoms with E-state index in [-0.39, 0.29) is 10.8 Å². The molecular formula is C29H36N6. The van der Waals surface area contributed by atoms with Gasteiger partial charge in [0.1, 0.15) is 17.5 Å². The summed E-state index contributed by atoms with van der Waals surface area (Å²) in [7, 11) is 0. The molecule has 0 aliphatic rings. The van der Waals surface area contributed by atoms with Gasteiger partial charge in [0, 0.05) is 22.0 Å². The summed E-state index contributed by atoms with van der Waals surface area (Å²) in [6.45, 7) is 21.2. The summed E-state index contributed by atoms with van der Waals surface area (Å²) >= 11 is 0. The predicted molar refractivity (Wildman–Crippen MR) is 142 cm³/mol. The summed E-state index contributed by atoms with van der Waals surface area (Å²) in [5.74, 6) is 3.93. The van der Waals surface area contributed by atoms with E-state index in [0.717, 1.165) is 40.1 Å². The number of hydrogen-bond acceptors (Lipinski definition) is 5. The summed E-state index contributed by atoms with van der Waals surface area (Å²) in [6, 6.07) is 12.7. The van der Waals surface area contributed by atoms with Gasteiger partial charge in [-0.25, -0.2) is 15.0 Å². The van der Waals surface area contributed by atoms with Gasteiger partial charge in [-0.3, -0.25) is 4.57 Å². The third-order valence-corrected chi connectivity index (χ3v) is 6.04. The normalized spacial score (nSPS) is 12.3. The fraction of sp³-hybridized carbons (Fsp3) is 0.414. The summed E-state index contributed by atoms with van der Waals surface area (Å²) in [4.78, 5) is 14.6. The van der Waals surface area contributed by atoms with Crippen molar-refractivity contribution in [3.8, 4) is 28.5 Å². The first-order valence-electron chi connectivity index (χ1n) is 12.1. The smallest absolute Gasteiger partial charge is 0.168 e. The number of hydrogen-bond donors (Lipinski definition) is 0. The molecule has 0 saturated carbocycles. The van der Waals surface area contributed by atoms with Gasteiger partial charge in [0.25, 0.3) is 0 Å². The van der Waals surface area contributed by atoms with Crippen LogP contribution in [0.1, 0.15) is 75.7 Å². The van der Waals surface area contributed by atoms with Crippen LogP contribution in [0.3, 0.4) is 0 Å². The first kappa shape index (κ1) is 24.7. The van der Waals surface area contributed by atoms with Gasteiger partial charge in [0.15, 0.2) is 11.6 Å². The summed E-state index contributed by atoms with van der Waals surface area (Å²) in [5, 5.41) is 9.02. The second kappa shape index (κ2) is 8.67. The molecule has 2 aromatic carbocycles. The largest absolute Gasteiger partial charge is 0.279 e. The zero-order chi connectivity index (χ0) is 25.7. The third kappa shape index (κ3) is 4.88. The van der Waals surface area contributed by atoms with Crippen LogP contribution in [0, 0.1) is 27.7 Å². The van der Waals surface area contributed by atoms with Gasteiger partial charge >= 0.3 is 0 Å². The topological polar surface area (TPSA) is 69.4 Å². The Labute approximate surface area is 208 Å². The molecule has 0 unspecified atom stereocenters. The highest BCUT2D eigenvalue weighted by Gasteiger charge is 2.26. The minimum Gasteiger partial charge on any atom is -0.279 e. The highest BCUT2D eigenvalue weighted by atomic mass is 15.3. The molecule has 4 aromatic rings. The van der Waals surface area contributed by atoms with Gasteiger partial charge in [-0.15, -0.1) is 10.2 Å². The van der Waals surface area contributed by atoms with Crippen LogP contribution in [-0.4, -0.2) is 29.7 Å². The molecule has 0 radical (unpaired) electrons. The Morgan fingerprint density at radius 3 is 1.74 bits per heavy atom. The predicted octanol–water partition coefficient (Wildman–Crippen LogP) is 6.61. The van der Waals surface area contributed by atoms with Crippen LogP contribution < -0.4 is 0 Å². The minimum atomic E-state index is -0.187. The summed E-state index contributed by atoms with van der Waals surface area (Å²) < 4.78 is 2.15. The maximum absolute atomic E-state index is 4.88.